The summed E-state index contributed by atoms with van der Waals surface area (Å²) in [6.07, 6.45) is 36.2. The molecule has 0 amide bonds. The fourth-order valence-corrected chi connectivity index (χ4v) is 9.86. The molecule has 11 atom stereocenters. The number of aliphatic hydroxyl groups excluding tert-OH is 7. The molecule has 2 saturated heterocycles. The molecular formula is C61H112O15. The van der Waals surface area contributed by atoms with Crippen LogP contribution < -0.4 is 0 Å². The Morgan fingerprint density at radius 2 is 0.750 bits per heavy atom. The molecule has 0 saturated carbocycles. The highest BCUT2D eigenvalue weighted by Gasteiger charge is 2.47. The largest absolute Gasteiger partial charge is 0.462 e. The van der Waals surface area contributed by atoms with Crippen LogP contribution in [0.1, 0.15) is 258 Å². The molecule has 2 aliphatic rings. The van der Waals surface area contributed by atoms with Gasteiger partial charge in [-0.15, -0.1) is 0 Å². The molecule has 0 spiro atoms. The fourth-order valence-electron chi connectivity index (χ4n) is 9.86. The second kappa shape index (κ2) is 47.8. The van der Waals surface area contributed by atoms with Crippen LogP contribution in [0.15, 0.2) is 24.3 Å². The van der Waals surface area contributed by atoms with E-state index in [2.05, 4.69) is 38.2 Å². The van der Waals surface area contributed by atoms with Crippen molar-refractivity contribution in [1.29, 1.82) is 0 Å². The summed E-state index contributed by atoms with van der Waals surface area (Å²) in [6, 6.07) is 0. The predicted octanol–water partition coefficient (Wildman–Crippen LogP) is 11.1. The van der Waals surface area contributed by atoms with Crippen LogP contribution in [0.3, 0.4) is 0 Å². The average Bonchev–Trinajstić information content (AvgIpc) is 3.41. The van der Waals surface area contributed by atoms with E-state index in [0.717, 1.165) is 38.5 Å². The van der Waals surface area contributed by atoms with E-state index < -0.39 is 92.7 Å². The molecule has 0 bridgehead atoms. The van der Waals surface area contributed by atoms with Crippen LogP contribution >= 0.6 is 0 Å². The molecule has 15 heteroatoms. The number of hydrogen-bond acceptors (Lipinski definition) is 15. The van der Waals surface area contributed by atoms with Crippen molar-refractivity contribution >= 4 is 11.9 Å². The van der Waals surface area contributed by atoms with Crippen LogP contribution in [-0.4, -0.2) is 142 Å². The zero-order valence-corrected chi connectivity index (χ0v) is 47.8. The third kappa shape index (κ3) is 34.2. The molecule has 76 heavy (non-hydrogen) atoms. The predicted molar refractivity (Wildman–Crippen MR) is 298 cm³/mol. The van der Waals surface area contributed by atoms with E-state index in [-0.39, 0.29) is 26.1 Å². The number of allylic oxidation sites excluding steroid dienone is 4. The Labute approximate surface area is 460 Å². The Bertz CT molecular complexity index is 1410. The Kier molecular flexibility index (Phi) is 44.0. The minimum atomic E-state index is -1.76. The maximum absolute atomic E-state index is 13.1. The van der Waals surface area contributed by atoms with Gasteiger partial charge in [0.15, 0.2) is 18.7 Å². The molecule has 2 rings (SSSR count). The van der Waals surface area contributed by atoms with E-state index in [9.17, 15) is 45.3 Å². The normalized spacial score (nSPS) is 24.4. The molecule has 0 aromatic carbocycles. The first-order valence-corrected chi connectivity index (χ1v) is 30.9. The molecule has 7 N–H and O–H groups in total. The highest BCUT2D eigenvalue weighted by molar-refractivity contribution is 5.70. The molecule has 0 radical (unpaired) electrons. The van der Waals surface area contributed by atoms with Gasteiger partial charge in [0.25, 0.3) is 0 Å². The van der Waals surface area contributed by atoms with Crippen LogP contribution in [0.4, 0.5) is 0 Å². The number of ether oxygens (including phenoxy) is 6. The van der Waals surface area contributed by atoms with Crippen LogP contribution in [-0.2, 0) is 38.0 Å². The van der Waals surface area contributed by atoms with Gasteiger partial charge in [-0.1, -0.05) is 205 Å². The number of carbonyl (C=O) groups excluding carboxylic acids is 2. The molecular weight excluding hydrogens is 973 g/mol. The Hall–Kier alpha value is -2.02. The third-order valence-corrected chi connectivity index (χ3v) is 14.9. The monoisotopic (exact) mass is 1080 g/mol. The van der Waals surface area contributed by atoms with Gasteiger partial charge in [-0.25, -0.2) is 0 Å². The molecule has 0 aliphatic carbocycles. The molecule has 2 aliphatic heterocycles. The molecule has 0 aromatic heterocycles. The van der Waals surface area contributed by atoms with Crippen molar-refractivity contribution in [3.63, 3.8) is 0 Å². The van der Waals surface area contributed by atoms with E-state index in [1.807, 2.05) is 0 Å². The second-order valence-electron chi connectivity index (χ2n) is 21.9. The van der Waals surface area contributed by atoms with E-state index in [1.54, 1.807) is 0 Å². The summed E-state index contributed by atoms with van der Waals surface area (Å²) in [7, 11) is 0. The van der Waals surface area contributed by atoms with E-state index in [4.69, 9.17) is 28.4 Å². The van der Waals surface area contributed by atoms with Crippen molar-refractivity contribution in [2.45, 2.75) is 325 Å². The van der Waals surface area contributed by atoms with E-state index in [1.165, 1.54) is 180 Å². The van der Waals surface area contributed by atoms with Crippen LogP contribution in [0.2, 0.25) is 0 Å². The van der Waals surface area contributed by atoms with Crippen molar-refractivity contribution < 1.29 is 73.8 Å². The second-order valence-corrected chi connectivity index (χ2v) is 21.9. The highest BCUT2D eigenvalue weighted by atomic mass is 16.7. The topological polar surface area (TPSA) is 231 Å². The van der Waals surface area contributed by atoms with Gasteiger partial charge in [0, 0.05) is 12.8 Å². The maximum atomic E-state index is 13.1. The van der Waals surface area contributed by atoms with Crippen LogP contribution in [0, 0.1) is 0 Å². The minimum Gasteiger partial charge on any atom is -0.462 e. The van der Waals surface area contributed by atoms with E-state index in [0.29, 0.717) is 12.8 Å². The van der Waals surface area contributed by atoms with Gasteiger partial charge in [-0.05, 0) is 64.2 Å². The van der Waals surface area contributed by atoms with Gasteiger partial charge < -0.3 is 64.2 Å². The number of rotatable bonds is 50. The summed E-state index contributed by atoms with van der Waals surface area (Å²) in [6.45, 7) is 2.63. The quantitative estimate of drug-likeness (QED) is 0.0171. The number of hydrogen-bond donors (Lipinski definition) is 7. The lowest BCUT2D eigenvalue weighted by molar-refractivity contribution is -0.332. The average molecular weight is 1090 g/mol. The summed E-state index contributed by atoms with van der Waals surface area (Å²) < 4.78 is 33.8. The maximum Gasteiger partial charge on any atom is 0.306 e. The first kappa shape index (κ1) is 70.1. The SMILES string of the molecule is CCCCCCCC/C=C/CCCCCCCCCCCCCC(=O)O[C@H](COC(=O)CCCCCCCCCCC/C=C/CCCCCCCC)CO[C@H]1O[C@@H](CO[C@H]2O[C@@H](CO)[C@@H](O)C(O)C2O)[C@@H](O)C(O)C1O. The molecule has 2 heterocycles. The van der Waals surface area contributed by atoms with Crippen LogP contribution in [0.25, 0.3) is 0 Å². The summed E-state index contributed by atoms with van der Waals surface area (Å²) in [5.74, 6) is -0.915. The van der Waals surface area contributed by atoms with Crippen molar-refractivity contribution in [2.24, 2.45) is 0 Å². The number of esters is 2. The number of unbranched alkanes of at least 4 members (excludes halogenated alkanes) is 32. The molecule has 0 aromatic rings. The summed E-state index contributed by atoms with van der Waals surface area (Å²) in [5.41, 5.74) is 0. The summed E-state index contributed by atoms with van der Waals surface area (Å²) in [4.78, 5) is 25.9. The van der Waals surface area contributed by atoms with Gasteiger partial charge in [0.1, 0.15) is 55.4 Å². The van der Waals surface area contributed by atoms with Crippen molar-refractivity contribution in [2.75, 3.05) is 26.4 Å². The van der Waals surface area contributed by atoms with E-state index >= 15 is 0 Å². The Balaban J connectivity index is 1.73. The number of carbonyl (C=O) groups is 2. The molecule has 4 unspecified atom stereocenters. The third-order valence-electron chi connectivity index (χ3n) is 14.9. The standard InChI is InChI=1S/C61H112O15/c1-3-5-7-9-11-13-15-17-19-21-23-24-26-28-30-32-34-36-38-40-42-44-53(64)74-49(46-71-52(63)43-41-39-37-35-33-31-29-27-25-22-20-18-16-14-12-10-8-6-4-2)47-72-60-59(70)57(68)55(66)51(76-60)48-73-61-58(69)56(67)54(65)50(45-62)75-61/h17-20,49-51,54-62,65-70H,3-16,21-48H2,1-2H3/b19-17+,20-18+/t49-,50+,51+,54-,55-,56?,57?,58?,59?,60+,61+/m1/s1. The summed E-state index contributed by atoms with van der Waals surface area (Å²) >= 11 is 0. The fraction of sp³-hybridized carbons (Fsp3) is 0.902. The minimum absolute atomic E-state index is 0.167. The summed E-state index contributed by atoms with van der Waals surface area (Å²) in [5, 5.41) is 72.4. The molecule has 446 valence electrons. The zero-order valence-electron chi connectivity index (χ0n) is 47.8. The zero-order chi connectivity index (χ0) is 55.3. The van der Waals surface area contributed by atoms with Crippen LogP contribution in [0.5, 0.6) is 0 Å². The van der Waals surface area contributed by atoms with Gasteiger partial charge in [-0.2, -0.15) is 0 Å². The van der Waals surface area contributed by atoms with Gasteiger partial charge in [0.05, 0.1) is 19.8 Å². The Morgan fingerprint density at radius 1 is 0.408 bits per heavy atom. The lowest BCUT2D eigenvalue weighted by Gasteiger charge is -2.42. The Morgan fingerprint density at radius 3 is 1.16 bits per heavy atom. The van der Waals surface area contributed by atoms with Gasteiger partial charge in [0.2, 0.25) is 0 Å². The highest BCUT2D eigenvalue weighted by Crippen LogP contribution is 2.27. The lowest BCUT2D eigenvalue weighted by atomic mass is 9.98. The molecule has 15 nitrogen and oxygen atoms in total. The first-order chi connectivity index (χ1) is 37.0. The smallest absolute Gasteiger partial charge is 0.306 e. The first-order valence-electron chi connectivity index (χ1n) is 30.9. The van der Waals surface area contributed by atoms with Crippen molar-refractivity contribution in [3.05, 3.63) is 24.3 Å². The van der Waals surface area contributed by atoms with Crippen molar-refractivity contribution in [1.82, 2.24) is 0 Å². The molecule has 2 fully saturated rings. The number of aliphatic hydroxyl groups is 7. The lowest BCUT2D eigenvalue weighted by Crippen LogP contribution is -2.61. The van der Waals surface area contributed by atoms with Gasteiger partial charge >= 0.3 is 11.9 Å². The van der Waals surface area contributed by atoms with Crippen molar-refractivity contribution in [3.8, 4) is 0 Å². The van der Waals surface area contributed by atoms with Gasteiger partial charge in [-0.3, -0.25) is 9.59 Å².